The molecule has 0 radical (unpaired) electrons. The van der Waals surface area contributed by atoms with Crippen molar-refractivity contribution in [2.75, 3.05) is 6.54 Å². The Labute approximate surface area is 80.7 Å². The highest BCUT2D eigenvalue weighted by molar-refractivity contribution is 4.97. The lowest BCUT2D eigenvalue weighted by molar-refractivity contribution is 0.179. The van der Waals surface area contributed by atoms with E-state index in [9.17, 15) is 0 Å². The van der Waals surface area contributed by atoms with Gasteiger partial charge in [-0.05, 0) is 26.2 Å². The summed E-state index contributed by atoms with van der Waals surface area (Å²) in [5.41, 5.74) is 0. The molecule has 0 aromatic carbocycles. The molecule has 1 aliphatic rings. The van der Waals surface area contributed by atoms with Crippen LogP contribution in [0.3, 0.4) is 0 Å². The van der Waals surface area contributed by atoms with Gasteiger partial charge in [0.15, 0.2) is 0 Å². The summed E-state index contributed by atoms with van der Waals surface area (Å²) in [5, 5.41) is 12.4. The van der Waals surface area contributed by atoms with Gasteiger partial charge in [-0.1, -0.05) is 6.42 Å². The molecule has 0 aromatic heterocycles. The normalized spacial score (nSPS) is 30.8. The Morgan fingerprint density at radius 2 is 2.38 bits per heavy atom. The van der Waals surface area contributed by atoms with Crippen LogP contribution in [0.4, 0.5) is 0 Å². The molecule has 2 heteroatoms. The fourth-order valence-corrected chi connectivity index (χ4v) is 1.86. The van der Waals surface area contributed by atoms with Crippen LogP contribution in [0, 0.1) is 18.3 Å². The van der Waals surface area contributed by atoms with Crippen LogP contribution >= 0.6 is 0 Å². The van der Waals surface area contributed by atoms with E-state index in [1.807, 2.05) is 0 Å². The first-order valence-corrected chi connectivity index (χ1v) is 5.10. The molecule has 1 fully saturated rings. The molecule has 2 N–H and O–H groups in total. The Morgan fingerprint density at radius 1 is 1.62 bits per heavy atom. The Bertz CT molecular complexity index is 183. The molecule has 0 heterocycles. The Balaban J connectivity index is 2.23. The average Bonchev–Trinajstić information content (AvgIpc) is 2.15. The molecule has 74 valence electrons. The number of aliphatic hydroxyl groups excluding tert-OH is 1. The number of aliphatic hydroxyl groups is 1. The van der Waals surface area contributed by atoms with Gasteiger partial charge < -0.3 is 10.4 Å². The van der Waals surface area contributed by atoms with E-state index in [-0.39, 0.29) is 6.10 Å². The first kappa shape index (κ1) is 10.6. The van der Waals surface area contributed by atoms with Crippen LogP contribution in [0.2, 0.25) is 0 Å². The summed E-state index contributed by atoms with van der Waals surface area (Å²) in [5.74, 6) is 3.26. The molecule has 1 saturated carbocycles. The number of hydrogen-bond acceptors (Lipinski definition) is 2. The van der Waals surface area contributed by atoms with Crippen LogP contribution in [0.1, 0.15) is 32.6 Å². The Morgan fingerprint density at radius 3 is 3.00 bits per heavy atom. The van der Waals surface area contributed by atoms with Crippen molar-refractivity contribution in [3.05, 3.63) is 0 Å². The van der Waals surface area contributed by atoms with E-state index in [0.717, 1.165) is 6.42 Å². The second-order valence-corrected chi connectivity index (χ2v) is 3.98. The van der Waals surface area contributed by atoms with Gasteiger partial charge >= 0.3 is 0 Å². The molecule has 0 bridgehead atoms. The SMILES string of the molecule is C#CC1CCCC(NC[C@@H](C)O)C1. The summed E-state index contributed by atoms with van der Waals surface area (Å²) in [7, 11) is 0. The average molecular weight is 181 g/mol. The molecular formula is C11H19NO. The minimum atomic E-state index is -0.258. The van der Waals surface area contributed by atoms with Crippen LogP contribution in [-0.4, -0.2) is 23.8 Å². The lowest BCUT2D eigenvalue weighted by Crippen LogP contribution is -2.37. The second-order valence-electron chi connectivity index (χ2n) is 3.98. The fraction of sp³-hybridized carbons (Fsp3) is 0.818. The standard InChI is InChI=1S/C11H19NO/c1-3-10-5-4-6-11(7-10)12-8-9(2)13/h1,9-13H,4-8H2,2H3/t9-,10?,11?/m1/s1. The first-order valence-electron chi connectivity index (χ1n) is 5.10. The third-order valence-corrected chi connectivity index (χ3v) is 2.61. The van der Waals surface area contributed by atoms with E-state index < -0.39 is 0 Å². The van der Waals surface area contributed by atoms with Crippen LogP contribution in [-0.2, 0) is 0 Å². The van der Waals surface area contributed by atoms with E-state index in [0.29, 0.717) is 18.5 Å². The van der Waals surface area contributed by atoms with Crippen molar-refractivity contribution in [1.82, 2.24) is 5.32 Å². The maximum absolute atomic E-state index is 9.10. The van der Waals surface area contributed by atoms with Gasteiger partial charge in [0.25, 0.3) is 0 Å². The molecule has 2 unspecified atom stereocenters. The largest absolute Gasteiger partial charge is 0.392 e. The number of hydrogen-bond donors (Lipinski definition) is 2. The van der Waals surface area contributed by atoms with E-state index in [4.69, 9.17) is 11.5 Å². The van der Waals surface area contributed by atoms with Gasteiger partial charge in [0.1, 0.15) is 0 Å². The zero-order valence-electron chi connectivity index (χ0n) is 8.29. The zero-order valence-corrected chi connectivity index (χ0v) is 8.29. The highest BCUT2D eigenvalue weighted by atomic mass is 16.3. The van der Waals surface area contributed by atoms with E-state index in [1.165, 1.54) is 19.3 Å². The van der Waals surface area contributed by atoms with Crippen molar-refractivity contribution < 1.29 is 5.11 Å². The molecule has 0 amide bonds. The number of nitrogens with one attached hydrogen (secondary N) is 1. The molecule has 0 aliphatic heterocycles. The monoisotopic (exact) mass is 181 g/mol. The van der Waals surface area contributed by atoms with E-state index in [1.54, 1.807) is 6.92 Å². The Kier molecular flexibility index (Phi) is 4.27. The zero-order chi connectivity index (χ0) is 9.68. The quantitative estimate of drug-likeness (QED) is 0.640. The van der Waals surface area contributed by atoms with E-state index in [2.05, 4.69) is 11.2 Å². The van der Waals surface area contributed by atoms with E-state index >= 15 is 0 Å². The predicted molar refractivity (Wildman–Crippen MR) is 54.3 cm³/mol. The molecule has 2 nitrogen and oxygen atoms in total. The van der Waals surface area contributed by atoms with Crippen molar-refractivity contribution in [2.24, 2.45) is 5.92 Å². The van der Waals surface area contributed by atoms with Gasteiger partial charge in [-0.15, -0.1) is 12.3 Å². The predicted octanol–water partition coefficient (Wildman–Crippen LogP) is 1.15. The molecule has 3 atom stereocenters. The summed E-state index contributed by atoms with van der Waals surface area (Å²) in [4.78, 5) is 0. The van der Waals surface area contributed by atoms with Crippen LogP contribution in [0.25, 0.3) is 0 Å². The second kappa shape index (κ2) is 5.26. The smallest absolute Gasteiger partial charge is 0.0636 e. The first-order chi connectivity index (χ1) is 6.22. The lowest BCUT2D eigenvalue weighted by Gasteiger charge is -2.27. The van der Waals surface area contributed by atoms with Gasteiger partial charge in [0, 0.05) is 18.5 Å². The van der Waals surface area contributed by atoms with Gasteiger partial charge in [0.2, 0.25) is 0 Å². The maximum atomic E-state index is 9.10. The maximum Gasteiger partial charge on any atom is 0.0636 e. The molecule has 1 aliphatic carbocycles. The van der Waals surface area contributed by atoms with Crippen LogP contribution in [0.15, 0.2) is 0 Å². The highest BCUT2D eigenvalue weighted by Crippen LogP contribution is 2.23. The lowest BCUT2D eigenvalue weighted by atomic mass is 9.86. The van der Waals surface area contributed by atoms with Gasteiger partial charge in [-0.2, -0.15) is 0 Å². The topological polar surface area (TPSA) is 32.3 Å². The van der Waals surface area contributed by atoms with Crippen LogP contribution < -0.4 is 5.32 Å². The van der Waals surface area contributed by atoms with Gasteiger partial charge in [-0.3, -0.25) is 0 Å². The van der Waals surface area contributed by atoms with Gasteiger partial charge in [-0.25, -0.2) is 0 Å². The summed E-state index contributed by atoms with van der Waals surface area (Å²) in [6.07, 6.45) is 9.79. The van der Waals surface area contributed by atoms with Crippen molar-refractivity contribution in [3.8, 4) is 12.3 Å². The molecule has 1 rings (SSSR count). The number of terminal acetylenes is 1. The molecule has 0 saturated heterocycles. The Hall–Kier alpha value is -0.520. The van der Waals surface area contributed by atoms with Crippen LogP contribution in [0.5, 0.6) is 0 Å². The van der Waals surface area contributed by atoms with Crippen molar-refractivity contribution in [1.29, 1.82) is 0 Å². The van der Waals surface area contributed by atoms with Crippen molar-refractivity contribution >= 4 is 0 Å². The third kappa shape index (κ3) is 3.80. The summed E-state index contributed by atoms with van der Waals surface area (Å²) >= 11 is 0. The van der Waals surface area contributed by atoms with Crippen molar-refractivity contribution in [3.63, 3.8) is 0 Å². The highest BCUT2D eigenvalue weighted by Gasteiger charge is 2.19. The summed E-state index contributed by atoms with van der Waals surface area (Å²) in [6, 6.07) is 0.518. The minimum absolute atomic E-state index is 0.258. The third-order valence-electron chi connectivity index (χ3n) is 2.61. The summed E-state index contributed by atoms with van der Waals surface area (Å²) < 4.78 is 0. The summed E-state index contributed by atoms with van der Waals surface area (Å²) in [6.45, 7) is 2.48. The fourth-order valence-electron chi connectivity index (χ4n) is 1.86. The molecule has 0 aromatic rings. The molecule has 0 spiro atoms. The van der Waals surface area contributed by atoms with Crippen molar-refractivity contribution in [2.45, 2.75) is 44.8 Å². The minimum Gasteiger partial charge on any atom is -0.392 e. The number of rotatable bonds is 3. The molecular weight excluding hydrogens is 162 g/mol. The molecule has 13 heavy (non-hydrogen) atoms. The van der Waals surface area contributed by atoms with Gasteiger partial charge in [0.05, 0.1) is 6.10 Å².